The van der Waals surface area contributed by atoms with Crippen molar-refractivity contribution in [3.8, 4) is 16.6 Å². The van der Waals surface area contributed by atoms with Gasteiger partial charge in [0.2, 0.25) is 0 Å². The van der Waals surface area contributed by atoms with Crippen molar-refractivity contribution in [2.75, 3.05) is 20.2 Å². The monoisotopic (exact) mass is 372 g/mol. The highest BCUT2D eigenvalue weighted by Crippen LogP contribution is 2.36. The van der Waals surface area contributed by atoms with E-state index in [2.05, 4.69) is 29.6 Å². The molecule has 1 aliphatic rings. The van der Waals surface area contributed by atoms with Crippen LogP contribution in [-0.4, -0.2) is 49.8 Å². The van der Waals surface area contributed by atoms with Gasteiger partial charge < -0.3 is 9.26 Å². The second kappa shape index (κ2) is 7.46. The number of nitrogens with zero attached hydrogens (tertiary/aromatic N) is 6. The second-order valence-electron chi connectivity index (χ2n) is 6.45. The van der Waals surface area contributed by atoms with Gasteiger partial charge >= 0.3 is 6.01 Å². The van der Waals surface area contributed by atoms with Gasteiger partial charge in [-0.2, -0.15) is 0 Å². The molecule has 4 heterocycles. The van der Waals surface area contributed by atoms with E-state index in [-0.39, 0.29) is 0 Å². The number of methoxy groups -OCH3 is 1. The van der Waals surface area contributed by atoms with E-state index in [9.17, 15) is 0 Å². The normalized spacial score (nSPS) is 16.1. The smallest absolute Gasteiger partial charge is 0.316 e. The molecule has 0 N–H and O–H groups in total. The number of piperidine rings is 1. The average molecular weight is 372 g/mol. The van der Waals surface area contributed by atoms with Crippen LogP contribution in [0.4, 0.5) is 0 Å². The molecule has 8 nitrogen and oxygen atoms in total. The lowest BCUT2D eigenvalue weighted by atomic mass is 9.92. The Morgan fingerprint density at radius 2 is 2.04 bits per heavy atom. The Morgan fingerprint density at radius 1 is 1.27 bits per heavy atom. The van der Waals surface area contributed by atoms with Crippen LogP contribution in [0.5, 0.6) is 6.01 Å². The molecule has 0 amide bonds. The number of hydrogen-bond donors (Lipinski definition) is 0. The van der Waals surface area contributed by atoms with Gasteiger partial charge in [0.1, 0.15) is 4.88 Å². The minimum absolute atomic E-state index is 0.400. The van der Waals surface area contributed by atoms with Gasteiger partial charge in [0.25, 0.3) is 0 Å². The summed E-state index contributed by atoms with van der Waals surface area (Å²) in [5.74, 6) is 1.17. The van der Waals surface area contributed by atoms with E-state index in [4.69, 9.17) is 9.26 Å². The molecular weight excluding hydrogens is 352 g/mol. The van der Waals surface area contributed by atoms with Gasteiger partial charge in [-0.25, -0.2) is 9.97 Å². The summed E-state index contributed by atoms with van der Waals surface area (Å²) in [7, 11) is 1.57. The Morgan fingerprint density at radius 3 is 2.69 bits per heavy atom. The van der Waals surface area contributed by atoms with Gasteiger partial charge in [0.05, 0.1) is 18.5 Å². The SMILES string of the molecule is COc1ncc(CN2CCC(c3nnsc3-c3cc(C)no3)CC2)cn1. The zero-order valence-electron chi connectivity index (χ0n) is 14.8. The van der Waals surface area contributed by atoms with Gasteiger partial charge in [-0.05, 0) is 44.4 Å². The summed E-state index contributed by atoms with van der Waals surface area (Å²) in [5.41, 5.74) is 3.01. The number of aryl methyl sites for hydroxylation is 1. The highest BCUT2D eigenvalue weighted by molar-refractivity contribution is 7.09. The quantitative estimate of drug-likeness (QED) is 0.675. The Bertz CT molecular complexity index is 854. The van der Waals surface area contributed by atoms with Crippen LogP contribution in [0.3, 0.4) is 0 Å². The fraction of sp³-hybridized carbons (Fsp3) is 0.471. The number of aromatic nitrogens is 5. The lowest BCUT2D eigenvalue weighted by molar-refractivity contribution is 0.202. The van der Waals surface area contributed by atoms with E-state index in [1.807, 2.05) is 25.4 Å². The summed E-state index contributed by atoms with van der Waals surface area (Å²) in [6.07, 6.45) is 5.74. The van der Waals surface area contributed by atoms with Crippen LogP contribution in [0, 0.1) is 6.92 Å². The van der Waals surface area contributed by atoms with E-state index >= 15 is 0 Å². The molecule has 0 bridgehead atoms. The zero-order valence-corrected chi connectivity index (χ0v) is 15.6. The molecule has 1 aliphatic heterocycles. The Labute approximate surface area is 155 Å². The molecule has 0 aliphatic carbocycles. The minimum atomic E-state index is 0.400. The van der Waals surface area contributed by atoms with Crippen LogP contribution in [0.2, 0.25) is 0 Å². The molecule has 3 aromatic heterocycles. The van der Waals surface area contributed by atoms with Crippen LogP contribution < -0.4 is 4.74 Å². The zero-order chi connectivity index (χ0) is 17.9. The minimum Gasteiger partial charge on any atom is -0.467 e. The van der Waals surface area contributed by atoms with Crippen molar-refractivity contribution >= 4 is 11.5 Å². The number of likely N-dealkylation sites (tertiary alicyclic amines) is 1. The third-order valence-corrected chi connectivity index (χ3v) is 5.37. The van der Waals surface area contributed by atoms with Crippen molar-refractivity contribution in [3.05, 3.63) is 35.4 Å². The first-order valence-electron chi connectivity index (χ1n) is 8.56. The maximum atomic E-state index is 5.41. The van der Waals surface area contributed by atoms with Crippen molar-refractivity contribution < 1.29 is 9.26 Å². The maximum absolute atomic E-state index is 5.41. The first kappa shape index (κ1) is 17.0. The molecule has 3 aromatic rings. The van der Waals surface area contributed by atoms with Crippen molar-refractivity contribution in [3.63, 3.8) is 0 Å². The summed E-state index contributed by atoms with van der Waals surface area (Å²) >= 11 is 1.38. The molecule has 1 saturated heterocycles. The lowest BCUT2D eigenvalue weighted by Crippen LogP contribution is -2.32. The molecular formula is C17H20N6O2S. The predicted octanol–water partition coefficient (Wildman–Crippen LogP) is 2.68. The summed E-state index contributed by atoms with van der Waals surface area (Å²) < 4.78 is 14.6. The molecule has 9 heteroatoms. The van der Waals surface area contributed by atoms with Crippen LogP contribution in [-0.2, 0) is 6.54 Å². The molecule has 1 fully saturated rings. The summed E-state index contributed by atoms with van der Waals surface area (Å²) in [6, 6.07) is 2.34. The average Bonchev–Trinajstić information content (AvgIpc) is 3.32. The molecule has 0 aromatic carbocycles. The van der Waals surface area contributed by atoms with Crippen molar-refractivity contribution in [2.45, 2.75) is 32.2 Å². The van der Waals surface area contributed by atoms with E-state index in [1.54, 1.807) is 7.11 Å². The largest absolute Gasteiger partial charge is 0.467 e. The Hall–Kier alpha value is -2.39. The standard InChI is InChI=1S/C17H20N6O2S/c1-11-7-14(25-21-11)16-15(20-22-26-16)13-3-5-23(6-4-13)10-12-8-18-17(24-2)19-9-12/h7-9,13H,3-6,10H2,1-2H3. The fourth-order valence-corrected chi connectivity index (χ4v) is 3.96. The van der Waals surface area contributed by atoms with Gasteiger partial charge in [-0.3, -0.25) is 4.90 Å². The lowest BCUT2D eigenvalue weighted by Gasteiger charge is -2.31. The highest BCUT2D eigenvalue weighted by Gasteiger charge is 2.27. The van der Waals surface area contributed by atoms with Gasteiger partial charge in [0.15, 0.2) is 5.76 Å². The van der Waals surface area contributed by atoms with Gasteiger partial charge in [-0.1, -0.05) is 9.64 Å². The highest BCUT2D eigenvalue weighted by atomic mass is 32.1. The fourth-order valence-electron chi connectivity index (χ4n) is 3.26. The third-order valence-electron chi connectivity index (χ3n) is 4.61. The van der Waals surface area contributed by atoms with E-state index < -0.39 is 0 Å². The third kappa shape index (κ3) is 3.58. The molecule has 4 rings (SSSR count). The number of ether oxygens (including phenoxy) is 1. The maximum Gasteiger partial charge on any atom is 0.316 e. The van der Waals surface area contributed by atoms with E-state index in [1.165, 1.54) is 11.5 Å². The first-order chi connectivity index (χ1) is 12.7. The van der Waals surface area contributed by atoms with Crippen LogP contribution in [0.15, 0.2) is 23.0 Å². The summed E-state index contributed by atoms with van der Waals surface area (Å²) in [5, 5.41) is 8.36. The molecule has 26 heavy (non-hydrogen) atoms. The molecule has 0 radical (unpaired) electrons. The molecule has 136 valence electrons. The molecule has 0 spiro atoms. The molecule has 0 saturated carbocycles. The van der Waals surface area contributed by atoms with Crippen molar-refractivity contribution in [2.24, 2.45) is 0 Å². The van der Waals surface area contributed by atoms with Crippen LogP contribution in [0.1, 0.15) is 35.7 Å². The van der Waals surface area contributed by atoms with E-state index in [0.29, 0.717) is 11.9 Å². The van der Waals surface area contributed by atoms with E-state index in [0.717, 1.165) is 60.1 Å². The number of rotatable bonds is 5. The number of hydrogen-bond acceptors (Lipinski definition) is 9. The molecule has 0 atom stereocenters. The second-order valence-corrected chi connectivity index (χ2v) is 7.20. The first-order valence-corrected chi connectivity index (χ1v) is 9.33. The van der Waals surface area contributed by atoms with Crippen LogP contribution >= 0.6 is 11.5 Å². The van der Waals surface area contributed by atoms with Gasteiger partial charge in [0, 0.05) is 36.5 Å². The summed E-state index contributed by atoms with van der Waals surface area (Å²) in [4.78, 5) is 11.8. The van der Waals surface area contributed by atoms with Crippen LogP contribution in [0.25, 0.3) is 10.6 Å². The molecule has 0 unspecified atom stereocenters. The Kier molecular flexibility index (Phi) is 4.89. The Balaban J connectivity index is 1.39. The van der Waals surface area contributed by atoms with Crippen molar-refractivity contribution in [1.82, 2.24) is 29.6 Å². The predicted molar refractivity (Wildman–Crippen MR) is 96.0 cm³/mol. The van der Waals surface area contributed by atoms with Crippen molar-refractivity contribution in [1.29, 1.82) is 0 Å². The summed E-state index contributed by atoms with van der Waals surface area (Å²) in [6.45, 7) is 4.77. The van der Waals surface area contributed by atoms with Gasteiger partial charge in [-0.15, -0.1) is 5.10 Å². The topological polar surface area (TPSA) is 90.1 Å².